The van der Waals surface area contributed by atoms with Crippen molar-refractivity contribution >= 4 is 23.6 Å². The molecule has 0 unspecified atom stereocenters. The maximum absolute atomic E-state index is 12.4. The zero-order chi connectivity index (χ0) is 20.4. The van der Waals surface area contributed by atoms with Crippen molar-refractivity contribution in [2.45, 2.75) is 25.7 Å². The first kappa shape index (κ1) is 18.9. The molecule has 2 aliphatic heterocycles. The maximum atomic E-state index is 12.4. The summed E-state index contributed by atoms with van der Waals surface area (Å²) in [7, 11) is 0. The highest BCUT2D eigenvalue weighted by Gasteiger charge is 2.28. The van der Waals surface area contributed by atoms with Gasteiger partial charge in [0.1, 0.15) is 11.5 Å². The van der Waals surface area contributed by atoms with Gasteiger partial charge in [-0.25, -0.2) is 0 Å². The Labute approximate surface area is 167 Å². The molecule has 7 nitrogen and oxygen atoms in total. The lowest BCUT2D eigenvalue weighted by molar-refractivity contribution is -0.126. The molecule has 29 heavy (non-hydrogen) atoms. The number of nitrogens with zero attached hydrogens (tertiary/aromatic N) is 2. The van der Waals surface area contributed by atoms with Crippen molar-refractivity contribution in [3.8, 4) is 11.5 Å². The molecule has 2 fully saturated rings. The van der Waals surface area contributed by atoms with Crippen molar-refractivity contribution in [3.05, 3.63) is 59.7 Å². The first-order valence-corrected chi connectivity index (χ1v) is 9.60. The molecule has 0 aromatic heterocycles. The Balaban J connectivity index is 1.40. The normalized spacial score (nSPS) is 16.4. The van der Waals surface area contributed by atoms with Crippen molar-refractivity contribution in [2.75, 3.05) is 13.1 Å². The third-order valence-corrected chi connectivity index (χ3v) is 5.08. The number of carbonyl (C=O) groups is 4. The van der Waals surface area contributed by atoms with E-state index in [1.807, 2.05) is 0 Å². The molecule has 4 rings (SSSR count). The van der Waals surface area contributed by atoms with Crippen LogP contribution < -0.4 is 4.74 Å². The summed E-state index contributed by atoms with van der Waals surface area (Å²) in [6.45, 7) is 0.925. The maximum Gasteiger partial charge on any atom is 0.260 e. The fourth-order valence-corrected chi connectivity index (χ4v) is 3.50. The molecule has 0 atom stereocenters. The summed E-state index contributed by atoms with van der Waals surface area (Å²) in [6.07, 6.45) is 2.24. The van der Waals surface area contributed by atoms with Gasteiger partial charge in [0.15, 0.2) is 0 Å². The second kappa shape index (κ2) is 7.87. The number of ether oxygens (including phenoxy) is 1. The van der Waals surface area contributed by atoms with E-state index in [2.05, 4.69) is 0 Å². The third kappa shape index (κ3) is 3.89. The summed E-state index contributed by atoms with van der Waals surface area (Å²) in [4.78, 5) is 50.7. The molecule has 0 spiro atoms. The van der Waals surface area contributed by atoms with Gasteiger partial charge in [0, 0.05) is 37.1 Å². The Hall–Kier alpha value is -3.48. The van der Waals surface area contributed by atoms with E-state index in [1.165, 1.54) is 9.80 Å². The van der Waals surface area contributed by atoms with Crippen molar-refractivity contribution in [3.63, 3.8) is 0 Å². The van der Waals surface area contributed by atoms with Gasteiger partial charge in [0.2, 0.25) is 11.8 Å². The molecule has 7 heteroatoms. The molecule has 0 radical (unpaired) electrons. The zero-order valence-electron chi connectivity index (χ0n) is 15.8. The van der Waals surface area contributed by atoms with Crippen LogP contribution in [0, 0.1) is 0 Å². The van der Waals surface area contributed by atoms with E-state index in [4.69, 9.17) is 4.74 Å². The predicted molar refractivity (Wildman–Crippen MR) is 104 cm³/mol. The van der Waals surface area contributed by atoms with E-state index in [1.54, 1.807) is 48.5 Å². The summed E-state index contributed by atoms with van der Waals surface area (Å²) in [5, 5.41) is 0. The van der Waals surface area contributed by atoms with Crippen LogP contribution in [0.15, 0.2) is 48.5 Å². The van der Waals surface area contributed by atoms with E-state index in [-0.39, 0.29) is 23.6 Å². The van der Waals surface area contributed by atoms with Crippen LogP contribution in [0.4, 0.5) is 0 Å². The molecule has 0 saturated carbocycles. The lowest BCUT2D eigenvalue weighted by Gasteiger charge is -2.14. The van der Waals surface area contributed by atoms with Crippen LogP contribution in [-0.4, -0.2) is 46.5 Å². The topological polar surface area (TPSA) is 84.0 Å². The molecule has 2 aromatic carbocycles. The van der Waals surface area contributed by atoms with E-state index in [0.717, 1.165) is 0 Å². The monoisotopic (exact) mass is 392 g/mol. The molecule has 2 aromatic rings. The molecule has 2 heterocycles. The predicted octanol–water partition coefficient (Wildman–Crippen LogP) is 3.00. The van der Waals surface area contributed by atoms with Crippen molar-refractivity contribution in [2.24, 2.45) is 0 Å². The molecule has 148 valence electrons. The molecular formula is C22H20N2O5. The molecule has 0 bridgehead atoms. The van der Waals surface area contributed by atoms with E-state index in [0.29, 0.717) is 61.4 Å². The fraction of sp³-hybridized carbons (Fsp3) is 0.273. The smallest absolute Gasteiger partial charge is 0.260 e. The molecule has 4 amide bonds. The minimum atomic E-state index is -0.293. The Bertz CT molecular complexity index is 886. The Morgan fingerprint density at radius 3 is 1.34 bits per heavy atom. The van der Waals surface area contributed by atoms with Gasteiger partial charge in [0.25, 0.3) is 11.8 Å². The average molecular weight is 392 g/mol. The first-order chi connectivity index (χ1) is 14.0. The number of imide groups is 2. The van der Waals surface area contributed by atoms with Crippen LogP contribution >= 0.6 is 0 Å². The van der Waals surface area contributed by atoms with E-state index >= 15 is 0 Å². The number of hydrogen-bond donors (Lipinski definition) is 0. The largest absolute Gasteiger partial charge is 0.457 e. The van der Waals surface area contributed by atoms with E-state index < -0.39 is 0 Å². The summed E-state index contributed by atoms with van der Waals surface area (Å²) >= 11 is 0. The van der Waals surface area contributed by atoms with Crippen molar-refractivity contribution < 1.29 is 23.9 Å². The number of carbonyl (C=O) groups excluding carboxylic acids is 4. The average Bonchev–Trinajstić information content (AvgIpc) is 3.36. The molecular weight excluding hydrogens is 372 g/mol. The highest BCUT2D eigenvalue weighted by Crippen LogP contribution is 2.24. The van der Waals surface area contributed by atoms with Gasteiger partial charge < -0.3 is 4.74 Å². The molecule has 2 aliphatic rings. The van der Waals surface area contributed by atoms with Crippen molar-refractivity contribution in [1.82, 2.24) is 9.80 Å². The Morgan fingerprint density at radius 1 is 0.655 bits per heavy atom. The Kier molecular flexibility index (Phi) is 5.12. The number of amides is 4. The second-order valence-corrected chi connectivity index (χ2v) is 7.06. The first-order valence-electron chi connectivity index (χ1n) is 9.60. The summed E-state index contributed by atoms with van der Waals surface area (Å²) in [5.41, 5.74) is 0.868. The molecule has 0 aliphatic carbocycles. The number of likely N-dealkylation sites (tertiary alicyclic amines) is 2. The van der Waals surface area contributed by atoms with Crippen LogP contribution in [0.3, 0.4) is 0 Å². The Morgan fingerprint density at radius 2 is 1.03 bits per heavy atom. The van der Waals surface area contributed by atoms with Crippen LogP contribution in [0.2, 0.25) is 0 Å². The van der Waals surface area contributed by atoms with Crippen LogP contribution in [0.1, 0.15) is 46.4 Å². The minimum absolute atomic E-state index is 0.138. The van der Waals surface area contributed by atoms with Crippen LogP contribution in [0.25, 0.3) is 0 Å². The number of benzene rings is 2. The number of rotatable bonds is 4. The lowest BCUT2D eigenvalue weighted by atomic mass is 10.2. The van der Waals surface area contributed by atoms with Gasteiger partial charge >= 0.3 is 0 Å². The summed E-state index contributed by atoms with van der Waals surface area (Å²) in [5.74, 6) is 0.198. The van der Waals surface area contributed by atoms with Crippen LogP contribution in [0.5, 0.6) is 11.5 Å². The van der Waals surface area contributed by atoms with Crippen LogP contribution in [-0.2, 0) is 9.59 Å². The van der Waals surface area contributed by atoms with E-state index in [9.17, 15) is 19.2 Å². The quantitative estimate of drug-likeness (QED) is 0.747. The number of hydrogen-bond acceptors (Lipinski definition) is 5. The van der Waals surface area contributed by atoms with Gasteiger partial charge in [-0.3, -0.25) is 29.0 Å². The van der Waals surface area contributed by atoms with Gasteiger partial charge in [0.05, 0.1) is 0 Å². The third-order valence-electron chi connectivity index (χ3n) is 5.08. The van der Waals surface area contributed by atoms with Gasteiger partial charge in [-0.2, -0.15) is 0 Å². The lowest BCUT2D eigenvalue weighted by Crippen LogP contribution is -2.31. The highest BCUT2D eigenvalue weighted by atomic mass is 16.5. The fourth-order valence-electron chi connectivity index (χ4n) is 3.50. The van der Waals surface area contributed by atoms with Gasteiger partial charge in [-0.15, -0.1) is 0 Å². The SMILES string of the molecule is O=C1CCCN1C(=O)c1ccc(Oc2ccc(C(=O)N3CCCC3=O)cc2)cc1. The zero-order valence-corrected chi connectivity index (χ0v) is 15.8. The highest BCUT2D eigenvalue weighted by molar-refractivity contribution is 6.06. The second-order valence-electron chi connectivity index (χ2n) is 7.06. The summed E-state index contributed by atoms with van der Waals surface area (Å²) < 4.78 is 5.76. The van der Waals surface area contributed by atoms with Gasteiger partial charge in [-0.1, -0.05) is 0 Å². The minimum Gasteiger partial charge on any atom is -0.457 e. The van der Waals surface area contributed by atoms with Gasteiger partial charge in [-0.05, 0) is 61.4 Å². The van der Waals surface area contributed by atoms with Crippen molar-refractivity contribution in [1.29, 1.82) is 0 Å². The molecule has 2 saturated heterocycles. The molecule has 0 N–H and O–H groups in total. The summed E-state index contributed by atoms with van der Waals surface area (Å²) in [6, 6.07) is 13.2. The standard InChI is InChI=1S/C22H20N2O5/c25-19-3-1-13-23(19)21(27)15-5-9-17(10-6-15)29-18-11-7-16(8-12-18)22(28)24-14-2-4-20(24)26/h5-12H,1-4,13-14H2.